The zero-order valence-electron chi connectivity index (χ0n) is 16.6. The first-order chi connectivity index (χ1) is 14.9. The standard InChI is InChI=1S/C23H21ClFN3O3/c24-15-10-8-14(9-11-15)20-13-18(22(30)26-19-6-1-2-7-21(19)29)23(31)28(27-20)17-5-3-4-16(25)12-17/h3-5,8-13,19,21,29H,1-2,6-7H2,(H,26,30)/t19-,21+/m1/s1. The van der Waals surface area contributed by atoms with Gasteiger partial charge in [-0.1, -0.05) is 42.6 Å². The average molecular weight is 442 g/mol. The molecule has 0 saturated heterocycles. The fourth-order valence-electron chi connectivity index (χ4n) is 3.73. The second-order valence-electron chi connectivity index (χ2n) is 7.58. The molecule has 4 rings (SSSR count). The van der Waals surface area contributed by atoms with Gasteiger partial charge in [0.15, 0.2) is 0 Å². The number of hydrogen-bond acceptors (Lipinski definition) is 4. The molecule has 3 aromatic rings. The van der Waals surface area contributed by atoms with Gasteiger partial charge in [0.1, 0.15) is 11.4 Å². The van der Waals surface area contributed by atoms with Crippen molar-refractivity contribution < 1.29 is 14.3 Å². The summed E-state index contributed by atoms with van der Waals surface area (Å²) in [5.41, 5.74) is 0.386. The number of amides is 1. The number of benzene rings is 2. The lowest BCUT2D eigenvalue weighted by atomic mass is 9.92. The van der Waals surface area contributed by atoms with Gasteiger partial charge in [-0.05, 0) is 49.2 Å². The van der Waals surface area contributed by atoms with Gasteiger partial charge in [-0.2, -0.15) is 9.78 Å². The first kappa shape index (κ1) is 21.2. The molecule has 6 nitrogen and oxygen atoms in total. The molecular weight excluding hydrogens is 421 g/mol. The van der Waals surface area contributed by atoms with E-state index in [1.165, 1.54) is 30.3 Å². The maximum absolute atomic E-state index is 13.8. The van der Waals surface area contributed by atoms with Crippen LogP contribution in [0, 0.1) is 5.82 Å². The summed E-state index contributed by atoms with van der Waals surface area (Å²) in [5.74, 6) is -1.13. The largest absolute Gasteiger partial charge is 0.391 e. The number of aliphatic hydroxyl groups excluding tert-OH is 1. The normalized spacial score (nSPS) is 18.5. The zero-order valence-corrected chi connectivity index (χ0v) is 17.3. The first-order valence-corrected chi connectivity index (χ1v) is 10.5. The molecule has 1 amide bonds. The lowest BCUT2D eigenvalue weighted by molar-refractivity contribution is 0.0716. The van der Waals surface area contributed by atoms with E-state index in [1.807, 2.05) is 0 Å². The van der Waals surface area contributed by atoms with Crippen LogP contribution in [0.2, 0.25) is 5.02 Å². The Bertz CT molecular complexity index is 1160. The highest BCUT2D eigenvalue weighted by Gasteiger charge is 2.26. The van der Waals surface area contributed by atoms with Gasteiger partial charge in [-0.15, -0.1) is 0 Å². The van der Waals surface area contributed by atoms with Crippen molar-refractivity contribution in [3.63, 3.8) is 0 Å². The highest BCUT2D eigenvalue weighted by atomic mass is 35.5. The van der Waals surface area contributed by atoms with E-state index in [0.29, 0.717) is 29.1 Å². The minimum absolute atomic E-state index is 0.137. The number of carbonyl (C=O) groups is 1. The van der Waals surface area contributed by atoms with Crippen LogP contribution in [0.5, 0.6) is 0 Å². The minimum atomic E-state index is -0.675. The van der Waals surface area contributed by atoms with Crippen LogP contribution < -0.4 is 10.9 Å². The quantitative estimate of drug-likeness (QED) is 0.646. The Morgan fingerprint density at radius 2 is 1.87 bits per heavy atom. The Hall–Kier alpha value is -3.03. The van der Waals surface area contributed by atoms with Crippen molar-refractivity contribution in [1.82, 2.24) is 15.1 Å². The topological polar surface area (TPSA) is 84.2 Å². The summed E-state index contributed by atoms with van der Waals surface area (Å²) in [6, 6.07) is 13.2. The van der Waals surface area contributed by atoms with E-state index in [-0.39, 0.29) is 11.3 Å². The Labute approximate surface area is 183 Å². The Balaban J connectivity index is 1.80. The number of aromatic nitrogens is 2. The molecule has 1 aliphatic rings. The van der Waals surface area contributed by atoms with Gasteiger partial charge in [0.2, 0.25) is 0 Å². The monoisotopic (exact) mass is 441 g/mol. The van der Waals surface area contributed by atoms with Gasteiger partial charge in [-0.3, -0.25) is 9.59 Å². The van der Waals surface area contributed by atoms with E-state index in [0.717, 1.165) is 17.5 Å². The Morgan fingerprint density at radius 1 is 1.13 bits per heavy atom. The third-order valence-corrected chi connectivity index (χ3v) is 5.65. The molecule has 1 aliphatic carbocycles. The van der Waals surface area contributed by atoms with Crippen LogP contribution in [0.4, 0.5) is 4.39 Å². The average Bonchev–Trinajstić information content (AvgIpc) is 2.76. The van der Waals surface area contributed by atoms with Crippen molar-refractivity contribution >= 4 is 17.5 Å². The molecule has 0 bridgehead atoms. The predicted octanol–water partition coefficient (Wildman–Crippen LogP) is 3.73. The summed E-state index contributed by atoms with van der Waals surface area (Å²) >= 11 is 5.97. The number of rotatable bonds is 4. The molecule has 2 N–H and O–H groups in total. The van der Waals surface area contributed by atoms with E-state index in [2.05, 4.69) is 10.4 Å². The number of nitrogens with zero attached hydrogens (tertiary/aromatic N) is 2. The van der Waals surface area contributed by atoms with Crippen LogP contribution in [0.1, 0.15) is 36.0 Å². The summed E-state index contributed by atoms with van der Waals surface area (Å²) in [5, 5.41) is 17.9. The number of aliphatic hydroxyl groups is 1. The van der Waals surface area contributed by atoms with Crippen LogP contribution >= 0.6 is 11.6 Å². The van der Waals surface area contributed by atoms with Crippen molar-refractivity contribution in [3.8, 4) is 16.9 Å². The summed E-state index contributed by atoms with van der Waals surface area (Å²) < 4.78 is 14.8. The van der Waals surface area contributed by atoms with Crippen LogP contribution in [-0.2, 0) is 0 Å². The molecule has 0 unspecified atom stereocenters. The predicted molar refractivity (Wildman–Crippen MR) is 116 cm³/mol. The summed E-state index contributed by atoms with van der Waals surface area (Å²) in [7, 11) is 0. The molecular formula is C23H21ClFN3O3. The second kappa shape index (κ2) is 8.99. The highest BCUT2D eigenvalue weighted by Crippen LogP contribution is 2.22. The molecule has 1 aromatic heterocycles. The molecule has 1 saturated carbocycles. The number of carbonyl (C=O) groups excluding carboxylic acids is 1. The summed E-state index contributed by atoms with van der Waals surface area (Å²) in [4.78, 5) is 26.1. The molecule has 31 heavy (non-hydrogen) atoms. The zero-order chi connectivity index (χ0) is 22.0. The van der Waals surface area contributed by atoms with E-state index < -0.39 is 29.4 Å². The molecule has 2 atom stereocenters. The molecule has 2 aromatic carbocycles. The van der Waals surface area contributed by atoms with Gasteiger partial charge in [0, 0.05) is 10.6 Å². The van der Waals surface area contributed by atoms with Crippen LogP contribution in [0.3, 0.4) is 0 Å². The van der Waals surface area contributed by atoms with E-state index in [4.69, 9.17) is 11.6 Å². The lowest BCUT2D eigenvalue weighted by Crippen LogP contribution is -2.46. The number of hydrogen-bond donors (Lipinski definition) is 2. The minimum Gasteiger partial charge on any atom is -0.391 e. The SMILES string of the molecule is O=C(N[C@@H]1CCCC[C@@H]1O)c1cc(-c2ccc(Cl)cc2)nn(-c2cccc(F)c2)c1=O. The van der Waals surface area contributed by atoms with Crippen LogP contribution in [0.15, 0.2) is 59.4 Å². The Kier molecular flexibility index (Phi) is 6.15. The van der Waals surface area contributed by atoms with Crippen LogP contribution in [0.25, 0.3) is 16.9 Å². The molecule has 160 valence electrons. The fourth-order valence-corrected chi connectivity index (χ4v) is 3.85. The first-order valence-electron chi connectivity index (χ1n) is 10.1. The molecule has 0 aliphatic heterocycles. The highest BCUT2D eigenvalue weighted by molar-refractivity contribution is 6.30. The maximum Gasteiger partial charge on any atom is 0.284 e. The smallest absolute Gasteiger partial charge is 0.284 e. The second-order valence-corrected chi connectivity index (χ2v) is 8.02. The van der Waals surface area contributed by atoms with E-state index in [1.54, 1.807) is 24.3 Å². The van der Waals surface area contributed by atoms with Gasteiger partial charge < -0.3 is 10.4 Å². The van der Waals surface area contributed by atoms with Crippen LogP contribution in [-0.4, -0.2) is 32.9 Å². The van der Waals surface area contributed by atoms with Gasteiger partial charge in [0.05, 0.1) is 23.5 Å². The van der Waals surface area contributed by atoms with Crippen molar-refractivity contribution in [2.24, 2.45) is 0 Å². The summed E-state index contributed by atoms with van der Waals surface area (Å²) in [6.07, 6.45) is 2.38. The van der Waals surface area contributed by atoms with Gasteiger partial charge in [0.25, 0.3) is 11.5 Å². The molecule has 0 spiro atoms. The third-order valence-electron chi connectivity index (χ3n) is 5.39. The Morgan fingerprint density at radius 3 is 2.58 bits per heavy atom. The molecule has 0 radical (unpaired) electrons. The number of nitrogens with one attached hydrogen (secondary N) is 1. The van der Waals surface area contributed by atoms with Gasteiger partial charge in [-0.25, -0.2) is 4.39 Å². The van der Waals surface area contributed by atoms with Crippen molar-refractivity contribution in [1.29, 1.82) is 0 Å². The van der Waals surface area contributed by atoms with E-state index in [9.17, 15) is 19.1 Å². The summed E-state index contributed by atoms with van der Waals surface area (Å²) in [6.45, 7) is 0. The molecule has 8 heteroatoms. The third kappa shape index (κ3) is 4.68. The molecule has 1 heterocycles. The van der Waals surface area contributed by atoms with Crippen molar-refractivity contribution in [2.45, 2.75) is 37.8 Å². The van der Waals surface area contributed by atoms with Crippen molar-refractivity contribution in [3.05, 3.63) is 81.4 Å². The number of halogens is 2. The lowest BCUT2D eigenvalue weighted by Gasteiger charge is -2.28. The molecule has 1 fully saturated rings. The maximum atomic E-state index is 13.8. The fraction of sp³-hybridized carbons (Fsp3) is 0.261. The van der Waals surface area contributed by atoms with E-state index >= 15 is 0 Å². The van der Waals surface area contributed by atoms with Gasteiger partial charge >= 0.3 is 0 Å². The van der Waals surface area contributed by atoms with Crippen molar-refractivity contribution in [2.75, 3.05) is 0 Å².